The molecule has 1 aliphatic rings. The molecule has 1 aromatic heterocycles. The predicted octanol–water partition coefficient (Wildman–Crippen LogP) is 7.14. The van der Waals surface area contributed by atoms with Gasteiger partial charge in [0.1, 0.15) is 0 Å². The molecule has 0 fully saturated rings. The Morgan fingerprint density at radius 2 is 1.81 bits per heavy atom. The number of fused-ring (bicyclic) bond motifs is 1. The summed E-state index contributed by atoms with van der Waals surface area (Å²) < 4.78 is 2.08. The first-order chi connectivity index (χ1) is 12.6. The Bertz CT molecular complexity index is 874. The van der Waals surface area contributed by atoms with E-state index in [9.17, 15) is 0 Å². The van der Waals surface area contributed by atoms with Crippen LogP contribution in [0.15, 0.2) is 66.0 Å². The van der Waals surface area contributed by atoms with Crippen molar-refractivity contribution in [1.29, 1.82) is 0 Å². The van der Waals surface area contributed by atoms with Crippen LogP contribution in [0.2, 0.25) is 0 Å². The maximum Gasteiger partial charge on any atom is 0.0575 e. The molecule has 0 spiro atoms. The Morgan fingerprint density at radius 3 is 2.41 bits per heavy atom. The SMILES string of the molecule is C=C(C(/C=C\C(C)=C/C)=C\C(=C)C(C)(C)C)c1cnn2c1CCC(C)=C2C. The summed E-state index contributed by atoms with van der Waals surface area (Å²) in [7, 11) is 0. The quantitative estimate of drug-likeness (QED) is 0.509. The second-order valence-corrected chi connectivity index (χ2v) is 8.50. The number of hydrogen-bond acceptors (Lipinski definition) is 1. The Morgan fingerprint density at radius 1 is 1.15 bits per heavy atom. The lowest BCUT2D eigenvalue weighted by Gasteiger charge is -2.21. The molecule has 0 amide bonds. The van der Waals surface area contributed by atoms with Crippen molar-refractivity contribution in [3.05, 3.63) is 77.2 Å². The fourth-order valence-electron chi connectivity index (χ4n) is 2.94. The van der Waals surface area contributed by atoms with E-state index in [4.69, 9.17) is 0 Å². The number of rotatable bonds is 5. The van der Waals surface area contributed by atoms with Crippen LogP contribution in [0.4, 0.5) is 0 Å². The standard InChI is InChI=1S/C25H34N2/c1-10-17(2)11-13-22(15-19(4)25(7,8)9)20(5)23-16-26-27-21(6)18(3)12-14-24(23)27/h10-11,13,15-16H,4-5,12,14H2,1-3,6-9H3/b13-11-,17-10-,22-15-. The van der Waals surface area contributed by atoms with Gasteiger partial charge in [-0.05, 0) is 62.7 Å². The molecule has 0 bridgehead atoms. The molecule has 0 saturated carbocycles. The minimum atomic E-state index is 0.0178. The maximum atomic E-state index is 4.64. The van der Waals surface area contributed by atoms with Crippen LogP contribution in [-0.4, -0.2) is 9.78 Å². The van der Waals surface area contributed by atoms with Crippen molar-refractivity contribution >= 4 is 11.3 Å². The third kappa shape index (κ3) is 4.68. The van der Waals surface area contributed by atoms with Gasteiger partial charge >= 0.3 is 0 Å². The van der Waals surface area contributed by atoms with Crippen molar-refractivity contribution in [2.45, 2.75) is 61.3 Å². The zero-order valence-corrected chi connectivity index (χ0v) is 18.1. The average molecular weight is 363 g/mol. The molecule has 27 heavy (non-hydrogen) atoms. The highest BCUT2D eigenvalue weighted by molar-refractivity contribution is 5.82. The summed E-state index contributed by atoms with van der Waals surface area (Å²) in [6.45, 7) is 23.8. The van der Waals surface area contributed by atoms with Crippen molar-refractivity contribution in [3.63, 3.8) is 0 Å². The second-order valence-electron chi connectivity index (χ2n) is 8.50. The van der Waals surface area contributed by atoms with Crippen molar-refractivity contribution < 1.29 is 0 Å². The molecule has 0 N–H and O–H groups in total. The van der Waals surface area contributed by atoms with Crippen molar-refractivity contribution in [2.75, 3.05) is 0 Å². The Hall–Kier alpha value is -2.35. The van der Waals surface area contributed by atoms with Gasteiger partial charge in [0.25, 0.3) is 0 Å². The van der Waals surface area contributed by atoms with Crippen LogP contribution in [0.5, 0.6) is 0 Å². The lowest BCUT2D eigenvalue weighted by atomic mass is 9.84. The van der Waals surface area contributed by atoms with Crippen LogP contribution in [-0.2, 0) is 6.42 Å². The zero-order chi connectivity index (χ0) is 20.4. The van der Waals surface area contributed by atoms with Crippen LogP contribution >= 0.6 is 0 Å². The Kier molecular flexibility index (Phi) is 6.30. The van der Waals surface area contributed by atoms with E-state index < -0.39 is 0 Å². The van der Waals surface area contributed by atoms with Gasteiger partial charge in [0, 0.05) is 11.3 Å². The highest BCUT2D eigenvalue weighted by Gasteiger charge is 2.21. The highest BCUT2D eigenvalue weighted by atomic mass is 15.3. The molecule has 2 heteroatoms. The Balaban J connectivity index is 2.50. The van der Waals surface area contributed by atoms with Crippen LogP contribution in [0.25, 0.3) is 11.3 Å². The third-order valence-electron chi connectivity index (χ3n) is 5.49. The van der Waals surface area contributed by atoms with Gasteiger partial charge in [0.15, 0.2) is 0 Å². The van der Waals surface area contributed by atoms with Gasteiger partial charge < -0.3 is 0 Å². The summed E-state index contributed by atoms with van der Waals surface area (Å²) in [5.41, 5.74) is 9.47. The number of nitrogens with zero attached hydrogens (tertiary/aromatic N) is 2. The summed E-state index contributed by atoms with van der Waals surface area (Å²) >= 11 is 0. The van der Waals surface area contributed by atoms with Crippen LogP contribution in [0.1, 0.15) is 66.1 Å². The largest absolute Gasteiger partial charge is 0.242 e. The minimum Gasteiger partial charge on any atom is -0.242 e. The van der Waals surface area contributed by atoms with E-state index in [1.54, 1.807) is 0 Å². The van der Waals surface area contributed by atoms with Gasteiger partial charge in [-0.15, -0.1) is 0 Å². The van der Waals surface area contributed by atoms with E-state index in [0.717, 1.165) is 35.1 Å². The van der Waals surface area contributed by atoms with Crippen molar-refractivity contribution in [1.82, 2.24) is 9.78 Å². The van der Waals surface area contributed by atoms with Gasteiger partial charge in [-0.1, -0.05) is 69.4 Å². The molecule has 0 atom stereocenters. The monoisotopic (exact) mass is 362 g/mol. The molecule has 0 saturated heterocycles. The maximum absolute atomic E-state index is 4.64. The molecular formula is C25H34N2. The molecule has 0 aromatic carbocycles. The molecule has 2 rings (SSSR count). The fraction of sp³-hybridized carbons (Fsp3) is 0.400. The first-order valence-electron chi connectivity index (χ1n) is 9.71. The first kappa shape index (κ1) is 21.0. The summed E-state index contributed by atoms with van der Waals surface area (Å²) in [6, 6.07) is 0. The molecule has 1 aromatic rings. The molecule has 0 radical (unpaired) electrons. The third-order valence-corrected chi connectivity index (χ3v) is 5.49. The summed E-state index contributed by atoms with van der Waals surface area (Å²) in [5, 5.41) is 4.64. The molecule has 2 nitrogen and oxygen atoms in total. The normalized spacial score (nSPS) is 16.1. The number of allylic oxidation sites excluding steroid dienone is 10. The van der Waals surface area contributed by atoms with Gasteiger partial charge in [0.2, 0.25) is 0 Å². The zero-order valence-electron chi connectivity index (χ0n) is 18.1. The van der Waals surface area contributed by atoms with E-state index in [1.165, 1.54) is 22.5 Å². The van der Waals surface area contributed by atoms with E-state index in [1.807, 2.05) is 6.20 Å². The minimum absolute atomic E-state index is 0.0178. The van der Waals surface area contributed by atoms with E-state index in [2.05, 4.69) is 95.7 Å². The predicted molar refractivity (Wildman–Crippen MR) is 119 cm³/mol. The molecule has 144 valence electrons. The summed E-state index contributed by atoms with van der Waals surface area (Å²) in [4.78, 5) is 0. The van der Waals surface area contributed by atoms with Gasteiger partial charge in [-0.3, -0.25) is 0 Å². The number of aromatic nitrogens is 2. The van der Waals surface area contributed by atoms with E-state index in [0.29, 0.717) is 0 Å². The fourth-order valence-corrected chi connectivity index (χ4v) is 2.94. The lowest BCUT2D eigenvalue weighted by molar-refractivity contribution is 0.519. The van der Waals surface area contributed by atoms with Gasteiger partial charge in [-0.25, -0.2) is 4.68 Å². The van der Waals surface area contributed by atoms with Crippen LogP contribution in [0.3, 0.4) is 0 Å². The van der Waals surface area contributed by atoms with Crippen molar-refractivity contribution in [3.8, 4) is 0 Å². The van der Waals surface area contributed by atoms with Crippen LogP contribution < -0.4 is 0 Å². The molecular weight excluding hydrogens is 328 g/mol. The molecule has 2 heterocycles. The summed E-state index contributed by atoms with van der Waals surface area (Å²) in [6.07, 6.45) is 12.6. The second kappa shape index (κ2) is 8.12. The molecule has 0 unspecified atom stereocenters. The summed E-state index contributed by atoms with van der Waals surface area (Å²) in [5.74, 6) is 0. The highest BCUT2D eigenvalue weighted by Crippen LogP contribution is 2.34. The lowest BCUT2D eigenvalue weighted by Crippen LogP contribution is -2.11. The first-order valence-corrected chi connectivity index (χ1v) is 9.71. The topological polar surface area (TPSA) is 17.8 Å². The Labute approximate surface area is 165 Å². The molecule has 0 aliphatic carbocycles. The van der Waals surface area contributed by atoms with Crippen LogP contribution in [0, 0.1) is 5.41 Å². The van der Waals surface area contributed by atoms with Gasteiger partial charge in [0.05, 0.1) is 11.9 Å². The molecule has 1 aliphatic heterocycles. The van der Waals surface area contributed by atoms with E-state index in [-0.39, 0.29) is 5.41 Å². The van der Waals surface area contributed by atoms with E-state index >= 15 is 0 Å². The number of hydrogen-bond donors (Lipinski definition) is 0. The van der Waals surface area contributed by atoms with Gasteiger partial charge in [-0.2, -0.15) is 5.10 Å². The van der Waals surface area contributed by atoms with Crippen molar-refractivity contribution in [2.24, 2.45) is 5.41 Å². The smallest absolute Gasteiger partial charge is 0.0575 e. The average Bonchev–Trinajstić information content (AvgIpc) is 3.04.